The average molecular weight is 571 g/mol. The van der Waals surface area contributed by atoms with Gasteiger partial charge in [0.15, 0.2) is 0 Å². The molecule has 0 bridgehead atoms. The van der Waals surface area contributed by atoms with Crippen molar-refractivity contribution in [2.75, 3.05) is 12.4 Å². The van der Waals surface area contributed by atoms with Crippen LogP contribution in [0.25, 0.3) is 22.3 Å². The van der Waals surface area contributed by atoms with Crippen molar-refractivity contribution in [2.24, 2.45) is 0 Å². The van der Waals surface area contributed by atoms with Crippen molar-refractivity contribution < 1.29 is 28.7 Å². The zero-order valence-corrected chi connectivity index (χ0v) is 23.1. The van der Waals surface area contributed by atoms with Crippen LogP contribution in [-0.2, 0) is 44.4 Å². The summed E-state index contributed by atoms with van der Waals surface area (Å²) in [5.41, 5.74) is 1.87. The largest absolute Gasteiger partial charge is 0.497 e. The number of nitrogens with one attached hydrogen (secondary N) is 1. The van der Waals surface area contributed by atoms with Crippen LogP contribution in [-0.4, -0.2) is 33.5 Å². The lowest BCUT2D eigenvalue weighted by Gasteiger charge is -2.35. The fourth-order valence-corrected chi connectivity index (χ4v) is 5.72. The highest BCUT2D eigenvalue weighted by Gasteiger charge is 2.50. The molecule has 1 unspecified atom stereocenters. The number of benzene rings is 2. The maximum Gasteiger partial charge on any atom is 0.355 e. The summed E-state index contributed by atoms with van der Waals surface area (Å²) >= 11 is 0. The molecule has 4 heterocycles. The number of esters is 2. The fourth-order valence-electron chi connectivity index (χ4n) is 5.72. The van der Waals surface area contributed by atoms with E-state index in [1.165, 1.54) is 23.6 Å². The monoisotopic (exact) mass is 570 g/mol. The Hall–Kier alpha value is -5.26. The van der Waals surface area contributed by atoms with Gasteiger partial charge in [-0.1, -0.05) is 19.1 Å². The number of cyclic esters (lactones) is 1. The second kappa shape index (κ2) is 9.98. The van der Waals surface area contributed by atoms with Gasteiger partial charge in [0, 0.05) is 42.1 Å². The Balaban J connectivity index is 1.54. The molecule has 1 N–H and O–H groups in total. The normalized spacial score (nSPS) is 16.7. The molecule has 6 rings (SSSR count). The van der Waals surface area contributed by atoms with E-state index in [1.807, 2.05) is 24.3 Å². The number of pyridine rings is 2. The minimum absolute atomic E-state index is 0.0671. The van der Waals surface area contributed by atoms with E-state index in [-0.39, 0.29) is 36.4 Å². The van der Waals surface area contributed by atoms with Crippen LogP contribution in [0.4, 0.5) is 11.4 Å². The number of ether oxygens (including phenoxy) is 3. The van der Waals surface area contributed by atoms with E-state index >= 15 is 0 Å². The Kier molecular flexibility index (Phi) is 6.40. The number of non-ortho nitro benzene ring substituents is 1. The smallest absolute Gasteiger partial charge is 0.355 e. The van der Waals surface area contributed by atoms with Gasteiger partial charge in [-0.25, -0.2) is 9.78 Å². The van der Waals surface area contributed by atoms with Crippen LogP contribution in [0.1, 0.15) is 42.5 Å². The van der Waals surface area contributed by atoms with Gasteiger partial charge >= 0.3 is 11.9 Å². The molecule has 0 aliphatic carbocycles. The number of carbonyl (C=O) groups excluding carboxylic acids is 2. The summed E-state index contributed by atoms with van der Waals surface area (Å²) in [6, 6.07) is 13.6. The summed E-state index contributed by atoms with van der Waals surface area (Å²) in [6.45, 7) is 3.14. The quantitative estimate of drug-likeness (QED) is 0.171. The first-order valence-corrected chi connectivity index (χ1v) is 13.3. The van der Waals surface area contributed by atoms with Crippen molar-refractivity contribution in [3.63, 3.8) is 0 Å². The van der Waals surface area contributed by atoms with Gasteiger partial charge in [0.05, 0.1) is 46.7 Å². The molecule has 2 aromatic carbocycles. The topological polar surface area (TPSA) is 152 Å². The molecule has 0 radical (unpaired) electrons. The highest BCUT2D eigenvalue weighted by Crippen LogP contribution is 2.43. The molecule has 0 fully saturated rings. The van der Waals surface area contributed by atoms with Crippen LogP contribution in [0.5, 0.6) is 5.75 Å². The van der Waals surface area contributed by atoms with Crippen LogP contribution in [0.15, 0.2) is 53.3 Å². The van der Waals surface area contributed by atoms with Gasteiger partial charge in [-0.05, 0) is 36.2 Å². The standard InChI is InChI=1S/C30H26N4O8/c1-4-30(42-16(2)35)23-12-25-27-21(14-33(25)28(36)22(23)15-41-29(30)37)26(31-13-17-5-8-19(40-3)9-6-17)20-11-18(34(38)39)7-10-24(20)32-27/h5-12H,4,13-15H2,1-3H3,(H,31,32). The lowest BCUT2D eigenvalue weighted by atomic mass is 9.85. The summed E-state index contributed by atoms with van der Waals surface area (Å²) in [5.74, 6) is -0.711. The Bertz CT molecular complexity index is 1860. The number of anilines is 1. The van der Waals surface area contributed by atoms with Gasteiger partial charge in [0.2, 0.25) is 5.60 Å². The summed E-state index contributed by atoms with van der Waals surface area (Å²) in [7, 11) is 1.59. The van der Waals surface area contributed by atoms with Crippen molar-refractivity contribution in [2.45, 2.75) is 45.6 Å². The fraction of sp³-hybridized carbons (Fsp3) is 0.267. The van der Waals surface area contributed by atoms with Gasteiger partial charge < -0.3 is 24.1 Å². The lowest BCUT2D eigenvalue weighted by molar-refractivity contribution is -0.384. The second-order valence-corrected chi connectivity index (χ2v) is 10.1. The maximum absolute atomic E-state index is 13.8. The Morgan fingerprint density at radius 2 is 1.93 bits per heavy atom. The molecule has 42 heavy (non-hydrogen) atoms. The number of fused-ring (bicyclic) bond motifs is 5. The maximum atomic E-state index is 13.8. The predicted molar refractivity (Wildman–Crippen MR) is 151 cm³/mol. The first kappa shape index (κ1) is 26.9. The van der Waals surface area contributed by atoms with E-state index in [0.29, 0.717) is 45.8 Å². The van der Waals surface area contributed by atoms with Crippen molar-refractivity contribution in [3.8, 4) is 17.1 Å². The minimum Gasteiger partial charge on any atom is -0.497 e. The first-order chi connectivity index (χ1) is 20.2. The van der Waals surface area contributed by atoms with Crippen LogP contribution in [0.3, 0.4) is 0 Å². The molecule has 12 heteroatoms. The van der Waals surface area contributed by atoms with Gasteiger partial charge in [0.1, 0.15) is 12.4 Å². The molecule has 0 saturated carbocycles. The van der Waals surface area contributed by atoms with Crippen molar-refractivity contribution in [1.82, 2.24) is 9.55 Å². The van der Waals surface area contributed by atoms with Crippen molar-refractivity contribution in [1.29, 1.82) is 0 Å². The minimum atomic E-state index is -1.76. The molecule has 0 saturated heterocycles. The number of carbonyl (C=O) groups is 2. The van der Waals surface area contributed by atoms with Gasteiger partial charge in [-0.3, -0.25) is 19.7 Å². The molecule has 1 atom stereocenters. The summed E-state index contributed by atoms with van der Waals surface area (Å²) in [5, 5.41) is 15.6. The third-order valence-electron chi connectivity index (χ3n) is 7.80. The van der Waals surface area contributed by atoms with Crippen LogP contribution in [0.2, 0.25) is 0 Å². The molecule has 12 nitrogen and oxygen atoms in total. The van der Waals surface area contributed by atoms with Gasteiger partial charge in [0.25, 0.3) is 11.2 Å². The Labute approximate surface area is 239 Å². The van der Waals surface area contributed by atoms with Crippen LogP contribution < -0.4 is 15.6 Å². The molecular formula is C30H26N4O8. The van der Waals surface area contributed by atoms with Gasteiger partial charge in [-0.2, -0.15) is 0 Å². The number of hydrogen-bond donors (Lipinski definition) is 1. The molecule has 2 aliphatic rings. The summed E-state index contributed by atoms with van der Waals surface area (Å²) < 4.78 is 17.6. The summed E-state index contributed by atoms with van der Waals surface area (Å²) in [6.07, 6.45) is 0.0671. The average Bonchev–Trinajstić information content (AvgIpc) is 3.35. The Morgan fingerprint density at radius 1 is 1.17 bits per heavy atom. The number of aromatic nitrogens is 2. The van der Waals surface area contributed by atoms with Crippen LogP contribution in [0, 0.1) is 10.1 Å². The van der Waals surface area contributed by atoms with E-state index in [0.717, 1.165) is 5.56 Å². The third kappa shape index (κ3) is 4.14. The van der Waals surface area contributed by atoms with Crippen molar-refractivity contribution in [3.05, 3.63) is 91.3 Å². The lowest BCUT2D eigenvalue weighted by Crippen LogP contribution is -2.47. The van der Waals surface area contributed by atoms with E-state index < -0.39 is 28.0 Å². The highest BCUT2D eigenvalue weighted by atomic mass is 16.6. The Morgan fingerprint density at radius 3 is 2.60 bits per heavy atom. The number of nitrogens with zero attached hydrogens (tertiary/aromatic N) is 3. The second-order valence-electron chi connectivity index (χ2n) is 10.1. The zero-order chi connectivity index (χ0) is 29.8. The van der Waals surface area contributed by atoms with E-state index in [4.69, 9.17) is 19.2 Å². The van der Waals surface area contributed by atoms with Gasteiger partial charge in [-0.15, -0.1) is 0 Å². The zero-order valence-electron chi connectivity index (χ0n) is 23.1. The molecule has 0 spiro atoms. The summed E-state index contributed by atoms with van der Waals surface area (Å²) in [4.78, 5) is 54.8. The van der Waals surface area contributed by atoms with E-state index in [2.05, 4.69) is 5.32 Å². The molecule has 214 valence electrons. The molecule has 2 aromatic heterocycles. The molecule has 4 aromatic rings. The molecule has 0 amide bonds. The third-order valence-corrected chi connectivity index (χ3v) is 7.80. The van der Waals surface area contributed by atoms with Crippen LogP contribution >= 0.6 is 0 Å². The van der Waals surface area contributed by atoms with E-state index in [1.54, 1.807) is 26.2 Å². The highest BCUT2D eigenvalue weighted by molar-refractivity contribution is 5.98. The molecular weight excluding hydrogens is 544 g/mol. The SMILES string of the molecule is CCC1(OC(C)=O)C(=O)OCc2c1cc1n(c2=O)Cc2c-1nc1ccc([N+](=O)[O-])cc1c2NCc1ccc(OC)cc1. The van der Waals surface area contributed by atoms with E-state index in [9.17, 15) is 24.5 Å². The first-order valence-electron chi connectivity index (χ1n) is 13.3. The number of nitro benzene ring substituents is 1. The molecule has 2 aliphatic heterocycles. The number of hydrogen-bond acceptors (Lipinski definition) is 10. The van der Waals surface area contributed by atoms with Crippen molar-refractivity contribution >= 4 is 34.2 Å². The number of nitro groups is 1. The number of methoxy groups -OCH3 is 1. The predicted octanol–water partition coefficient (Wildman–Crippen LogP) is 4.18. The number of rotatable bonds is 7.